The van der Waals surface area contributed by atoms with Gasteiger partial charge in [0.25, 0.3) is 0 Å². The lowest BCUT2D eigenvalue weighted by Crippen LogP contribution is -2.24. The third-order valence-corrected chi connectivity index (χ3v) is 3.93. The second-order valence-electron chi connectivity index (χ2n) is 5.70. The van der Waals surface area contributed by atoms with E-state index in [4.69, 9.17) is 4.74 Å². The van der Waals surface area contributed by atoms with Crippen LogP contribution in [-0.2, 0) is 13.0 Å². The molecule has 0 radical (unpaired) electrons. The second kappa shape index (κ2) is 7.79. The molecule has 1 heterocycles. The molecule has 124 valence electrons. The molecule has 2 aromatic carbocycles. The summed E-state index contributed by atoms with van der Waals surface area (Å²) in [7, 11) is 0. The lowest BCUT2D eigenvalue weighted by Gasteiger charge is -2.14. The van der Waals surface area contributed by atoms with Crippen LogP contribution in [0.15, 0.2) is 67.0 Å². The maximum atomic E-state index is 10.2. The van der Waals surface area contributed by atoms with Crippen molar-refractivity contribution in [1.29, 1.82) is 0 Å². The van der Waals surface area contributed by atoms with Crippen LogP contribution < -0.4 is 4.74 Å². The summed E-state index contributed by atoms with van der Waals surface area (Å²) in [6.45, 7) is 2.80. The normalized spacial score (nSPS) is 12.1. The maximum absolute atomic E-state index is 10.2. The zero-order valence-corrected chi connectivity index (χ0v) is 13.8. The molecule has 3 rings (SSSR count). The molecule has 0 aliphatic carbocycles. The van der Waals surface area contributed by atoms with Crippen molar-refractivity contribution in [2.24, 2.45) is 0 Å². The van der Waals surface area contributed by atoms with E-state index in [2.05, 4.69) is 24.0 Å². The Hall–Kier alpha value is -2.59. The van der Waals surface area contributed by atoms with Crippen LogP contribution in [0.5, 0.6) is 5.75 Å². The molecule has 0 saturated carbocycles. The van der Waals surface area contributed by atoms with Crippen LogP contribution >= 0.6 is 0 Å². The van der Waals surface area contributed by atoms with Gasteiger partial charge in [0.05, 0.1) is 6.54 Å². The minimum Gasteiger partial charge on any atom is -0.491 e. The molecular formula is C20H22N2O2. The van der Waals surface area contributed by atoms with Gasteiger partial charge in [0.2, 0.25) is 0 Å². The van der Waals surface area contributed by atoms with Crippen LogP contribution in [0, 0.1) is 0 Å². The molecule has 4 heteroatoms. The Morgan fingerprint density at radius 1 is 1.04 bits per heavy atom. The highest BCUT2D eigenvalue weighted by Gasteiger charge is 2.09. The lowest BCUT2D eigenvalue weighted by atomic mass is 10.1. The first-order valence-electron chi connectivity index (χ1n) is 8.22. The first kappa shape index (κ1) is 16.3. The summed E-state index contributed by atoms with van der Waals surface area (Å²) in [6, 6.07) is 18.1. The van der Waals surface area contributed by atoms with Crippen molar-refractivity contribution in [1.82, 2.24) is 9.55 Å². The van der Waals surface area contributed by atoms with E-state index in [0.29, 0.717) is 6.54 Å². The molecule has 0 unspecified atom stereocenters. The van der Waals surface area contributed by atoms with Crippen LogP contribution in [0.1, 0.15) is 12.7 Å². The number of nitrogens with zero attached hydrogens (tertiary/aromatic N) is 2. The zero-order chi connectivity index (χ0) is 16.8. The van der Waals surface area contributed by atoms with Crippen molar-refractivity contribution in [3.8, 4) is 16.9 Å². The summed E-state index contributed by atoms with van der Waals surface area (Å²) < 4.78 is 7.66. The van der Waals surface area contributed by atoms with Crippen molar-refractivity contribution >= 4 is 0 Å². The van der Waals surface area contributed by atoms with E-state index in [1.165, 1.54) is 5.56 Å². The minimum absolute atomic E-state index is 0.256. The quantitative estimate of drug-likeness (QED) is 0.723. The van der Waals surface area contributed by atoms with Crippen LogP contribution in [0.4, 0.5) is 0 Å². The molecule has 0 amide bonds. The topological polar surface area (TPSA) is 47.3 Å². The smallest absolute Gasteiger partial charge is 0.119 e. The van der Waals surface area contributed by atoms with Crippen molar-refractivity contribution in [3.63, 3.8) is 0 Å². The highest BCUT2D eigenvalue weighted by molar-refractivity contribution is 5.63. The van der Waals surface area contributed by atoms with E-state index in [-0.39, 0.29) is 6.61 Å². The summed E-state index contributed by atoms with van der Waals surface area (Å²) in [6.07, 6.45) is 3.92. The van der Waals surface area contributed by atoms with E-state index < -0.39 is 6.10 Å². The molecule has 0 saturated heterocycles. The Morgan fingerprint density at radius 3 is 2.46 bits per heavy atom. The number of aryl methyl sites for hydroxylation is 1. The summed E-state index contributed by atoms with van der Waals surface area (Å²) in [4.78, 5) is 4.26. The zero-order valence-electron chi connectivity index (χ0n) is 13.8. The summed E-state index contributed by atoms with van der Waals surface area (Å²) in [5, 5.41) is 10.2. The van der Waals surface area contributed by atoms with Crippen LogP contribution in [-0.4, -0.2) is 27.4 Å². The fourth-order valence-electron chi connectivity index (χ4n) is 2.67. The van der Waals surface area contributed by atoms with Gasteiger partial charge in [0.15, 0.2) is 0 Å². The Balaban J connectivity index is 1.55. The van der Waals surface area contributed by atoms with E-state index in [1.807, 2.05) is 53.2 Å². The Kier molecular flexibility index (Phi) is 5.29. The van der Waals surface area contributed by atoms with Crippen molar-refractivity contribution in [3.05, 3.63) is 72.8 Å². The monoisotopic (exact) mass is 322 g/mol. The van der Waals surface area contributed by atoms with Crippen LogP contribution in [0.2, 0.25) is 0 Å². The average Bonchev–Trinajstić information content (AvgIpc) is 3.08. The van der Waals surface area contributed by atoms with Gasteiger partial charge in [-0.15, -0.1) is 0 Å². The number of rotatable bonds is 7. The molecule has 4 nitrogen and oxygen atoms in total. The van der Waals surface area contributed by atoms with Gasteiger partial charge in [-0.1, -0.05) is 49.4 Å². The molecule has 0 bridgehead atoms. The van der Waals surface area contributed by atoms with Crippen molar-refractivity contribution in [2.45, 2.75) is 26.0 Å². The molecule has 0 aliphatic rings. The number of hydrogen-bond donors (Lipinski definition) is 1. The summed E-state index contributed by atoms with van der Waals surface area (Å²) in [5.74, 6) is 1.73. The second-order valence-corrected chi connectivity index (χ2v) is 5.70. The largest absolute Gasteiger partial charge is 0.491 e. The number of hydrogen-bond acceptors (Lipinski definition) is 3. The van der Waals surface area contributed by atoms with Crippen molar-refractivity contribution < 1.29 is 9.84 Å². The van der Waals surface area contributed by atoms with Gasteiger partial charge in [0.1, 0.15) is 24.3 Å². The van der Waals surface area contributed by atoms with Crippen LogP contribution in [0.25, 0.3) is 11.1 Å². The molecule has 0 aliphatic heterocycles. The van der Waals surface area contributed by atoms with Gasteiger partial charge >= 0.3 is 0 Å². The standard InChI is InChI=1S/C20H22N2O2/c1-2-20-21-12-13-22(20)14-18(23)15-24-19-10-8-17(9-11-19)16-6-4-3-5-7-16/h3-13,18,23H,2,14-15H2,1H3/t18-/m0/s1. The Bertz CT molecular complexity index is 751. The number of aromatic nitrogens is 2. The van der Waals surface area contributed by atoms with E-state index in [1.54, 1.807) is 6.20 Å². The number of aliphatic hydroxyl groups is 1. The Labute approximate surface area is 142 Å². The van der Waals surface area contributed by atoms with E-state index in [9.17, 15) is 5.11 Å². The van der Waals surface area contributed by atoms with Gasteiger partial charge in [-0.25, -0.2) is 4.98 Å². The number of ether oxygens (including phenoxy) is 1. The lowest BCUT2D eigenvalue weighted by molar-refractivity contribution is 0.0918. The molecule has 1 aromatic heterocycles. The van der Waals surface area contributed by atoms with E-state index >= 15 is 0 Å². The highest BCUT2D eigenvalue weighted by Crippen LogP contribution is 2.22. The molecule has 3 aromatic rings. The number of imidazole rings is 1. The minimum atomic E-state index is -0.571. The SMILES string of the molecule is CCc1nccn1C[C@H](O)COc1ccc(-c2ccccc2)cc1. The van der Waals surface area contributed by atoms with Gasteiger partial charge in [0, 0.05) is 18.8 Å². The number of aliphatic hydroxyl groups excluding tert-OH is 1. The van der Waals surface area contributed by atoms with Gasteiger partial charge in [-0.3, -0.25) is 0 Å². The van der Waals surface area contributed by atoms with Crippen molar-refractivity contribution in [2.75, 3.05) is 6.61 Å². The molecule has 0 fully saturated rings. The molecule has 0 spiro atoms. The van der Waals surface area contributed by atoms with Crippen LogP contribution in [0.3, 0.4) is 0 Å². The Morgan fingerprint density at radius 2 is 1.75 bits per heavy atom. The molecule has 24 heavy (non-hydrogen) atoms. The van der Waals surface area contributed by atoms with Gasteiger partial charge < -0.3 is 14.4 Å². The molecule has 1 atom stereocenters. The average molecular weight is 322 g/mol. The first-order chi connectivity index (χ1) is 11.8. The highest BCUT2D eigenvalue weighted by atomic mass is 16.5. The van der Waals surface area contributed by atoms with E-state index in [0.717, 1.165) is 23.6 Å². The predicted octanol–water partition coefficient (Wildman–Crippen LogP) is 3.55. The third kappa shape index (κ3) is 4.03. The molecule has 1 N–H and O–H groups in total. The summed E-state index contributed by atoms with van der Waals surface area (Å²) >= 11 is 0. The fourth-order valence-corrected chi connectivity index (χ4v) is 2.67. The van der Waals surface area contributed by atoms with Gasteiger partial charge in [-0.2, -0.15) is 0 Å². The molecular weight excluding hydrogens is 300 g/mol. The summed E-state index contributed by atoms with van der Waals surface area (Å²) in [5.41, 5.74) is 2.32. The van der Waals surface area contributed by atoms with Gasteiger partial charge in [-0.05, 0) is 23.3 Å². The predicted molar refractivity (Wildman–Crippen MR) is 95.0 cm³/mol. The maximum Gasteiger partial charge on any atom is 0.119 e. The third-order valence-electron chi connectivity index (χ3n) is 3.93. The number of benzene rings is 2. The fraction of sp³-hybridized carbons (Fsp3) is 0.250. The first-order valence-corrected chi connectivity index (χ1v) is 8.22.